The van der Waals surface area contributed by atoms with E-state index >= 15 is 0 Å². The molecule has 0 aromatic carbocycles. The number of hydrogen-bond acceptors (Lipinski definition) is 3. The van der Waals surface area contributed by atoms with E-state index in [0.717, 1.165) is 24.1 Å². The topological polar surface area (TPSA) is 50.9 Å². The molecule has 5 heteroatoms. The minimum atomic E-state index is -0.607. The van der Waals surface area contributed by atoms with E-state index in [4.69, 9.17) is 11.6 Å². The molecular formula is C15H20ClN3O. The Morgan fingerprint density at radius 1 is 1.25 bits per heavy atom. The van der Waals surface area contributed by atoms with E-state index in [2.05, 4.69) is 23.9 Å². The first-order valence-corrected chi connectivity index (χ1v) is 7.35. The zero-order chi connectivity index (χ0) is 14.5. The number of halogens is 1. The van der Waals surface area contributed by atoms with Gasteiger partial charge in [-0.25, -0.2) is 4.98 Å². The number of nitrogens with zero attached hydrogens (tertiary/aromatic N) is 3. The van der Waals surface area contributed by atoms with Crippen LogP contribution in [-0.4, -0.2) is 19.9 Å². The first-order chi connectivity index (χ1) is 9.63. The fourth-order valence-corrected chi connectivity index (χ4v) is 2.36. The van der Waals surface area contributed by atoms with E-state index in [0.29, 0.717) is 17.6 Å². The van der Waals surface area contributed by atoms with Crippen LogP contribution in [0.5, 0.6) is 0 Å². The fraction of sp³-hybridized carbons (Fsp3) is 0.467. The largest absolute Gasteiger partial charge is 0.388 e. The van der Waals surface area contributed by atoms with Crippen LogP contribution in [0.3, 0.4) is 0 Å². The fourth-order valence-electron chi connectivity index (χ4n) is 2.25. The van der Waals surface area contributed by atoms with Crippen molar-refractivity contribution in [2.45, 2.75) is 45.3 Å². The lowest BCUT2D eigenvalue weighted by atomic mass is 10.1. The molecule has 2 rings (SSSR count). The highest BCUT2D eigenvalue weighted by atomic mass is 35.5. The molecule has 1 atom stereocenters. The Labute approximate surface area is 124 Å². The number of aliphatic hydroxyl groups excluding tert-OH is 1. The third-order valence-corrected chi connectivity index (χ3v) is 3.74. The highest BCUT2D eigenvalue weighted by molar-refractivity contribution is 6.29. The zero-order valence-corrected chi connectivity index (χ0v) is 12.6. The van der Waals surface area contributed by atoms with Crippen molar-refractivity contribution in [2.75, 3.05) is 0 Å². The average Bonchev–Trinajstić information content (AvgIpc) is 2.89. The maximum atomic E-state index is 10.2. The summed E-state index contributed by atoms with van der Waals surface area (Å²) in [5.41, 5.74) is 1.64. The molecule has 1 unspecified atom stereocenters. The predicted octanol–water partition coefficient (Wildman–Crippen LogP) is 3.57. The van der Waals surface area contributed by atoms with Crippen molar-refractivity contribution < 1.29 is 5.11 Å². The maximum Gasteiger partial charge on any atom is 0.129 e. The second-order valence-electron chi connectivity index (χ2n) is 4.89. The van der Waals surface area contributed by atoms with Crippen LogP contribution in [0.15, 0.2) is 30.6 Å². The molecule has 4 nitrogen and oxygen atoms in total. The zero-order valence-electron chi connectivity index (χ0n) is 11.8. The summed E-state index contributed by atoms with van der Waals surface area (Å²) >= 11 is 5.74. The molecule has 2 aromatic rings. The van der Waals surface area contributed by atoms with Gasteiger partial charge < -0.3 is 5.11 Å². The number of pyridine rings is 1. The van der Waals surface area contributed by atoms with Crippen LogP contribution in [-0.2, 0) is 6.42 Å². The van der Waals surface area contributed by atoms with Gasteiger partial charge in [-0.2, -0.15) is 5.10 Å². The van der Waals surface area contributed by atoms with E-state index < -0.39 is 6.10 Å². The summed E-state index contributed by atoms with van der Waals surface area (Å²) < 4.78 is 1.99. The van der Waals surface area contributed by atoms with Crippen LogP contribution in [0.1, 0.15) is 50.1 Å². The summed E-state index contributed by atoms with van der Waals surface area (Å²) in [4.78, 5) is 3.98. The van der Waals surface area contributed by atoms with E-state index in [1.165, 1.54) is 0 Å². The molecule has 0 spiro atoms. The molecule has 2 aromatic heterocycles. The second kappa shape index (κ2) is 6.86. The Morgan fingerprint density at radius 2 is 2.00 bits per heavy atom. The molecule has 0 saturated carbocycles. The smallest absolute Gasteiger partial charge is 0.129 e. The quantitative estimate of drug-likeness (QED) is 0.828. The van der Waals surface area contributed by atoms with Crippen LogP contribution < -0.4 is 0 Å². The molecule has 108 valence electrons. The number of hydrogen-bond donors (Lipinski definition) is 1. The van der Waals surface area contributed by atoms with Crippen LogP contribution in [0.25, 0.3) is 0 Å². The van der Waals surface area contributed by atoms with Gasteiger partial charge in [0.2, 0.25) is 0 Å². The van der Waals surface area contributed by atoms with E-state index in [1.54, 1.807) is 18.3 Å². The summed E-state index contributed by atoms with van der Waals surface area (Å²) in [5.74, 6) is 0. The summed E-state index contributed by atoms with van der Waals surface area (Å²) in [5, 5.41) is 15.2. The Hall–Kier alpha value is -1.39. The molecule has 0 bridgehead atoms. The molecule has 0 amide bonds. The van der Waals surface area contributed by atoms with Gasteiger partial charge in [-0.3, -0.25) is 4.68 Å². The van der Waals surface area contributed by atoms with E-state index in [1.807, 2.05) is 16.9 Å². The van der Waals surface area contributed by atoms with Gasteiger partial charge in [0.05, 0.1) is 17.8 Å². The Bertz CT molecular complexity index is 534. The van der Waals surface area contributed by atoms with Gasteiger partial charge in [-0.05, 0) is 30.5 Å². The molecule has 1 N–H and O–H groups in total. The number of aliphatic hydroxyl groups is 1. The maximum absolute atomic E-state index is 10.2. The lowest BCUT2D eigenvalue weighted by Crippen LogP contribution is -2.09. The lowest BCUT2D eigenvalue weighted by molar-refractivity contribution is 0.176. The van der Waals surface area contributed by atoms with Crippen molar-refractivity contribution in [3.8, 4) is 0 Å². The minimum absolute atomic E-state index is 0.429. The average molecular weight is 294 g/mol. The van der Waals surface area contributed by atoms with Gasteiger partial charge in [0, 0.05) is 18.8 Å². The van der Waals surface area contributed by atoms with Gasteiger partial charge in [0.25, 0.3) is 0 Å². The van der Waals surface area contributed by atoms with Gasteiger partial charge in [-0.15, -0.1) is 0 Å². The SMILES string of the molecule is CCC(CC)n1ccc(CC(O)c2ccc(Cl)nc2)n1. The van der Waals surface area contributed by atoms with Gasteiger partial charge in [0.1, 0.15) is 5.15 Å². The molecule has 0 fully saturated rings. The Balaban J connectivity index is 2.04. The second-order valence-corrected chi connectivity index (χ2v) is 5.28. The standard InChI is InChI=1S/C15H20ClN3O/c1-3-13(4-2)19-8-7-12(18-19)9-14(20)11-5-6-15(16)17-10-11/h5-8,10,13-14,20H,3-4,9H2,1-2H3. The van der Waals surface area contributed by atoms with Gasteiger partial charge in [-0.1, -0.05) is 31.5 Å². The third-order valence-electron chi connectivity index (χ3n) is 3.52. The van der Waals surface area contributed by atoms with Crippen molar-refractivity contribution in [1.29, 1.82) is 0 Å². The lowest BCUT2D eigenvalue weighted by Gasteiger charge is -2.13. The molecule has 2 heterocycles. The van der Waals surface area contributed by atoms with Crippen LogP contribution in [0.4, 0.5) is 0 Å². The Morgan fingerprint density at radius 3 is 2.60 bits per heavy atom. The summed E-state index contributed by atoms with van der Waals surface area (Å²) in [6, 6.07) is 5.86. The normalized spacial score (nSPS) is 12.8. The van der Waals surface area contributed by atoms with Crippen molar-refractivity contribution >= 4 is 11.6 Å². The summed E-state index contributed by atoms with van der Waals surface area (Å²) in [6.45, 7) is 4.31. The monoisotopic (exact) mass is 293 g/mol. The van der Waals surface area contributed by atoms with Crippen molar-refractivity contribution in [2.24, 2.45) is 0 Å². The van der Waals surface area contributed by atoms with Gasteiger partial charge in [0.15, 0.2) is 0 Å². The van der Waals surface area contributed by atoms with Crippen LogP contribution >= 0.6 is 11.6 Å². The first-order valence-electron chi connectivity index (χ1n) is 6.97. The first kappa shape index (κ1) is 15.0. The Kier molecular flexibility index (Phi) is 5.15. The van der Waals surface area contributed by atoms with Crippen molar-refractivity contribution in [3.63, 3.8) is 0 Å². The molecule has 0 radical (unpaired) electrons. The van der Waals surface area contributed by atoms with Crippen molar-refractivity contribution in [1.82, 2.24) is 14.8 Å². The molecule has 20 heavy (non-hydrogen) atoms. The molecule has 0 aliphatic rings. The molecule has 0 saturated heterocycles. The van der Waals surface area contributed by atoms with Crippen LogP contribution in [0, 0.1) is 0 Å². The summed E-state index contributed by atoms with van der Waals surface area (Å²) in [6.07, 6.45) is 5.58. The molecule has 0 aliphatic carbocycles. The highest BCUT2D eigenvalue weighted by Crippen LogP contribution is 2.20. The molecular weight excluding hydrogens is 274 g/mol. The molecule has 0 aliphatic heterocycles. The van der Waals surface area contributed by atoms with Crippen molar-refractivity contribution in [3.05, 3.63) is 47.0 Å². The van der Waals surface area contributed by atoms with E-state index in [-0.39, 0.29) is 0 Å². The highest BCUT2D eigenvalue weighted by Gasteiger charge is 2.13. The summed E-state index contributed by atoms with van der Waals surface area (Å²) in [7, 11) is 0. The number of aromatic nitrogens is 3. The minimum Gasteiger partial charge on any atom is -0.388 e. The number of rotatable bonds is 6. The third kappa shape index (κ3) is 3.58. The van der Waals surface area contributed by atoms with E-state index in [9.17, 15) is 5.11 Å². The van der Waals surface area contributed by atoms with Gasteiger partial charge >= 0.3 is 0 Å². The van der Waals surface area contributed by atoms with Crippen LogP contribution in [0.2, 0.25) is 5.15 Å². The predicted molar refractivity (Wildman–Crippen MR) is 79.8 cm³/mol.